The second kappa shape index (κ2) is 18.4. The molecule has 1 aromatic rings. The van der Waals surface area contributed by atoms with Gasteiger partial charge < -0.3 is 10.5 Å². The Morgan fingerprint density at radius 2 is 1.34 bits per heavy atom. The molecule has 3 heteroatoms. The maximum Gasteiger partial charge on any atom is 0.327 e. The fraction of sp³-hybridized carbons (Fsp3) is 0.654. The molecule has 0 aliphatic heterocycles. The Morgan fingerprint density at radius 3 is 1.93 bits per heavy atom. The summed E-state index contributed by atoms with van der Waals surface area (Å²) in [6, 6.07) is 8.71. The van der Waals surface area contributed by atoms with Crippen molar-refractivity contribution >= 4 is 5.97 Å². The fourth-order valence-corrected chi connectivity index (χ4v) is 3.41. The standard InChI is InChI=1S/C26H43NO2/c1-2-3-4-5-6-7-8-9-10-11-12-13-14-15-16-20-23-29-26(28)25(27)24-21-18-17-19-22-24/h9-10,17-19,21-22,25H,2-8,11-16,20,23,27H2,1H3/t25-/m1/s1. The van der Waals surface area contributed by atoms with Gasteiger partial charge in [-0.2, -0.15) is 0 Å². The molecule has 1 rings (SSSR count). The third-order valence-corrected chi connectivity index (χ3v) is 5.31. The molecule has 0 aliphatic rings. The Kier molecular flexibility index (Phi) is 16.2. The number of unbranched alkanes of at least 4 members (excludes halogenated alkanes) is 12. The van der Waals surface area contributed by atoms with E-state index in [1.165, 1.54) is 77.0 Å². The minimum atomic E-state index is -0.676. The van der Waals surface area contributed by atoms with Crippen LogP contribution in [-0.4, -0.2) is 12.6 Å². The third-order valence-electron chi connectivity index (χ3n) is 5.31. The molecule has 0 bridgehead atoms. The van der Waals surface area contributed by atoms with E-state index in [0.717, 1.165) is 18.4 Å². The van der Waals surface area contributed by atoms with Crippen LogP contribution in [0.25, 0.3) is 0 Å². The molecule has 0 saturated heterocycles. The first-order chi connectivity index (χ1) is 14.3. The number of nitrogens with two attached hydrogens (primary N) is 1. The van der Waals surface area contributed by atoms with Gasteiger partial charge in [0, 0.05) is 0 Å². The monoisotopic (exact) mass is 401 g/mol. The normalized spacial score (nSPS) is 12.3. The van der Waals surface area contributed by atoms with Crippen LogP contribution in [0, 0.1) is 0 Å². The SMILES string of the molecule is CCCCCCCCC=CCCCCCCCCOC(=O)[C@H](N)c1ccccc1. The van der Waals surface area contributed by atoms with Crippen molar-refractivity contribution in [3.63, 3.8) is 0 Å². The Hall–Kier alpha value is -1.61. The summed E-state index contributed by atoms with van der Waals surface area (Å²) in [5.41, 5.74) is 6.73. The van der Waals surface area contributed by atoms with Crippen molar-refractivity contribution in [3.8, 4) is 0 Å². The van der Waals surface area contributed by atoms with E-state index in [9.17, 15) is 4.79 Å². The number of hydrogen-bond acceptors (Lipinski definition) is 3. The third kappa shape index (κ3) is 14.1. The van der Waals surface area contributed by atoms with Crippen molar-refractivity contribution in [2.45, 2.75) is 103 Å². The van der Waals surface area contributed by atoms with E-state index in [0.29, 0.717) is 6.61 Å². The zero-order valence-corrected chi connectivity index (χ0v) is 18.6. The number of carbonyl (C=O) groups is 1. The molecule has 1 atom stereocenters. The number of carbonyl (C=O) groups excluding carboxylic acids is 1. The molecule has 0 unspecified atom stereocenters. The Labute approximate surface area is 179 Å². The van der Waals surface area contributed by atoms with Crippen LogP contribution in [0.4, 0.5) is 0 Å². The predicted molar refractivity (Wildman–Crippen MR) is 124 cm³/mol. The molecule has 0 saturated carbocycles. The van der Waals surface area contributed by atoms with Gasteiger partial charge in [0.2, 0.25) is 0 Å². The summed E-state index contributed by atoms with van der Waals surface area (Å²) in [5, 5.41) is 0. The quantitative estimate of drug-likeness (QED) is 0.160. The predicted octanol–water partition coefficient (Wildman–Crippen LogP) is 7.27. The van der Waals surface area contributed by atoms with Crippen molar-refractivity contribution in [3.05, 3.63) is 48.0 Å². The molecular formula is C26H43NO2. The first-order valence-electron chi connectivity index (χ1n) is 11.9. The average molecular weight is 402 g/mol. The van der Waals surface area contributed by atoms with E-state index in [-0.39, 0.29) is 5.97 Å². The van der Waals surface area contributed by atoms with Crippen LogP contribution in [0.1, 0.15) is 108 Å². The van der Waals surface area contributed by atoms with E-state index < -0.39 is 6.04 Å². The van der Waals surface area contributed by atoms with Gasteiger partial charge in [0.25, 0.3) is 0 Å². The largest absolute Gasteiger partial charge is 0.464 e. The Bertz CT molecular complexity index is 527. The molecule has 0 aliphatic carbocycles. The Balaban J connectivity index is 1.85. The summed E-state index contributed by atoms with van der Waals surface area (Å²) in [6.07, 6.45) is 22.6. The molecule has 0 aromatic heterocycles. The lowest BCUT2D eigenvalue weighted by Crippen LogP contribution is -2.24. The smallest absolute Gasteiger partial charge is 0.327 e. The number of rotatable bonds is 18. The van der Waals surface area contributed by atoms with Gasteiger partial charge in [-0.15, -0.1) is 0 Å². The number of allylic oxidation sites excluding steroid dienone is 2. The number of benzene rings is 1. The first-order valence-corrected chi connectivity index (χ1v) is 11.9. The van der Waals surface area contributed by atoms with E-state index in [1.807, 2.05) is 30.3 Å². The van der Waals surface area contributed by atoms with Gasteiger partial charge >= 0.3 is 5.97 Å². The van der Waals surface area contributed by atoms with Crippen molar-refractivity contribution < 1.29 is 9.53 Å². The van der Waals surface area contributed by atoms with Crippen LogP contribution >= 0.6 is 0 Å². The highest BCUT2D eigenvalue weighted by atomic mass is 16.5. The number of hydrogen-bond donors (Lipinski definition) is 1. The van der Waals surface area contributed by atoms with E-state index in [4.69, 9.17) is 10.5 Å². The summed E-state index contributed by atoms with van der Waals surface area (Å²) in [5.74, 6) is -0.330. The topological polar surface area (TPSA) is 52.3 Å². The molecule has 0 fully saturated rings. The van der Waals surface area contributed by atoms with Gasteiger partial charge in [0.1, 0.15) is 6.04 Å². The summed E-state index contributed by atoms with van der Waals surface area (Å²) in [7, 11) is 0. The second-order valence-corrected chi connectivity index (χ2v) is 7.99. The van der Waals surface area contributed by atoms with Crippen molar-refractivity contribution in [2.75, 3.05) is 6.61 Å². The zero-order chi connectivity index (χ0) is 21.0. The lowest BCUT2D eigenvalue weighted by atomic mass is 10.1. The summed E-state index contributed by atoms with van der Waals surface area (Å²) < 4.78 is 5.30. The van der Waals surface area contributed by atoms with Gasteiger partial charge in [-0.3, -0.25) is 0 Å². The Morgan fingerprint density at radius 1 is 0.828 bits per heavy atom. The highest BCUT2D eigenvalue weighted by Crippen LogP contribution is 2.13. The molecule has 0 radical (unpaired) electrons. The molecule has 1 aromatic carbocycles. The van der Waals surface area contributed by atoms with Crippen molar-refractivity contribution in [1.82, 2.24) is 0 Å². The molecule has 29 heavy (non-hydrogen) atoms. The molecule has 0 heterocycles. The first kappa shape index (κ1) is 25.4. The summed E-state index contributed by atoms with van der Waals surface area (Å²) in [6.45, 7) is 2.74. The lowest BCUT2D eigenvalue weighted by molar-refractivity contribution is -0.145. The lowest BCUT2D eigenvalue weighted by Gasteiger charge is -2.11. The van der Waals surface area contributed by atoms with Gasteiger partial charge in [-0.1, -0.05) is 107 Å². The minimum Gasteiger partial charge on any atom is -0.464 e. The van der Waals surface area contributed by atoms with Gasteiger partial charge in [-0.25, -0.2) is 4.79 Å². The highest BCUT2D eigenvalue weighted by molar-refractivity contribution is 5.77. The molecule has 2 N–H and O–H groups in total. The highest BCUT2D eigenvalue weighted by Gasteiger charge is 2.16. The second-order valence-electron chi connectivity index (χ2n) is 7.99. The van der Waals surface area contributed by atoms with E-state index in [1.54, 1.807) is 0 Å². The van der Waals surface area contributed by atoms with Gasteiger partial charge in [-0.05, 0) is 37.7 Å². The van der Waals surface area contributed by atoms with Gasteiger partial charge in [0.15, 0.2) is 0 Å². The van der Waals surface area contributed by atoms with Crippen molar-refractivity contribution in [2.24, 2.45) is 5.73 Å². The summed E-state index contributed by atoms with van der Waals surface area (Å²) >= 11 is 0. The molecule has 0 spiro atoms. The fourth-order valence-electron chi connectivity index (χ4n) is 3.41. The van der Waals surface area contributed by atoms with Crippen LogP contribution < -0.4 is 5.73 Å². The molecule has 0 amide bonds. The maximum absolute atomic E-state index is 12.0. The van der Waals surface area contributed by atoms with Gasteiger partial charge in [0.05, 0.1) is 6.61 Å². The average Bonchev–Trinajstić information content (AvgIpc) is 2.75. The van der Waals surface area contributed by atoms with Crippen LogP contribution in [-0.2, 0) is 9.53 Å². The van der Waals surface area contributed by atoms with Crippen LogP contribution in [0.2, 0.25) is 0 Å². The van der Waals surface area contributed by atoms with Crippen molar-refractivity contribution in [1.29, 1.82) is 0 Å². The zero-order valence-electron chi connectivity index (χ0n) is 18.6. The van der Waals surface area contributed by atoms with E-state index in [2.05, 4.69) is 19.1 Å². The van der Waals surface area contributed by atoms with Crippen LogP contribution in [0.5, 0.6) is 0 Å². The van der Waals surface area contributed by atoms with Crippen LogP contribution in [0.15, 0.2) is 42.5 Å². The van der Waals surface area contributed by atoms with Crippen LogP contribution in [0.3, 0.4) is 0 Å². The summed E-state index contributed by atoms with van der Waals surface area (Å²) in [4.78, 5) is 12.0. The molecule has 3 nitrogen and oxygen atoms in total. The number of esters is 1. The molecular weight excluding hydrogens is 358 g/mol. The van der Waals surface area contributed by atoms with E-state index >= 15 is 0 Å². The number of ether oxygens (including phenoxy) is 1. The minimum absolute atomic E-state index is 0.330. The molecule has 164 valence electrons. The maximum atomic E-state index is 12.0.